The van der Waals surface area contributed by atoms with Crippen molar-refractivity contribution in [2.24, 2.45) is 5.92 Å². The number of hydrogen-bond acceptors (Lipinski definition) is 5. The molecule has 2 fully saturated rings. The maximum atomic E-state index is 13.2. The van der Waals surface area contributed by atoms with Crippen LogP contribution in [0.2, 0.25) is 0 Å². The number of nitrogens with zero attached hydrogens (tertiary/aromatic N) is 2. The number of rotatable bonds is 10. The van der Waals surface area contributed by atoms with Crippen molar-refractivity contribution in [3.05, 3.63) is 29.8 Å². The highest BCUT2D eigenvalue weighted by Gasteiger charge is 2.27. The summed E-state index contributed by atoms with van der Waals surface area (Å²) in [5.74, 6) is 1.51. The zero-order valence-electron chi connectivity index (χ0n) is 18.0. The summed E-state index contributed by atoms with van der Waals surface area (Å²) in [6.07, 6.45) is 4.97. The van der Waals surface area contributed by atoms with E-state index in [4.69, 9.17) is 14.2 Å². The number of hydrogen-bond donors (Lipinski definition) is 0. The molecule has 3 rings (SSSR count). The van der Waals surface area contributed by atoms with Gasteiger partial charge < -0.3 is 24.0 Å². The molecule has 2 saturated heterocycles. The van der Waals surface area contributed by atoms with E-state index in [1.165, 1.54) is 0 Å². The van der Waals surface area contributed by atoms with Gasteiger partial charge in [-0.25, -0.2) is 0 Å². The van der Waals surface area contributed by atoms with E-state index in [0.29, 0.717) is 18.9 Å². The lowest BCUT2D eigenvalue weighted by atomic mass is 9.95. The molecule has 2 aliphatic rings. The van der Waals surface area contributed by atoms with E-state index in [9.17, 15) is 4.79 Å². The maximum absolute atomic E-state index is 13.2. The minimum atomic E-state index is 0.173. The molecule has 1 atom stereocenters. The van der Waals surface area contributed by atoms with Crippen molar-refractivity contribution in [1.82, 2.24) is 9.80 Å². The van der Waals surface area contributed by atoms with Gasteiger partial charge in [0.05, 0.1) is 26.2 Å². The highest BCUT2D eigenvalue weighted by Crippen LogP contribution is 2.23. The van der Waals surface area contributed by atoms with Crippen LogP contribution in [0, 0.1) is 5.92 Å². The van der Waals surface area contributed by atoms with Crippen LogP contribution in [0.4, 0.5) is 0 Å². The second kappa shape index (κ2) is 11.5. The number of carbonyl (C=O) groups is 1. The summed E-state index contributed by atoms with van der Waals surface area (Å²) in [7, 11) is 3.41. The number of piperidine rings is 1. The highest BCUT2D eigenvalue weighted by atomic mass is 16.5. The standard InChI is InChI=1S/C23H36N2O4/c1-27-15-13-24-11-9-19(10-12-24)17-25(18-21-7-5-14-29-21)23(26)16-20-6-3-4-8-22(20)28-2/h3-4,6,8,19,21H,5,7,9-18H2,1-2H3. The van der Waals surface area contributed by atoms with E-state index in [-0.39, 0.29) is 12.0 Å². The largest absolute Gasteiger partial charge is 0.496 e. The molecule has 29 heavy (non-hydrogen) atoms. The molecule has 0 aliphatic carbocycles. The molecule has 0 radical (unpaired) electrons. The minimum Gasteiger partial charge on any atom is -0.496 e. The molecular weight excluding hydrogens is 368 g/mol. The number of ether oxygens (including phenoxy) is 3. The number of carbonyl (C=O) groups excluding carboxylic acids is 1. The van der Waals surface area contributed by atoms with Crippen molar-refractivity contribution in [2.45, 2.75) is 38.2 Å². The third kappa shape index (κ3) is 6.69. The van der Waals surface area contributed by atoms with E-state index in [0.717, 1.165) is 76.4 Å². The lowest BCUT2D eigenvalue weighted by Crippen LogP contribution is -2.44. The van der Waals surface area contributed by atoms with Crippen molar-refractivity contribution in [1.29, 1.82) is 0 Å². The van der Waals surface area contributed by atoms with Crippen LogP contribution in [0.15, 0.2) is 24.3 Å². The fraction of sp³-hybridized carbons (Fsp3) is 0.696. The van der Waals surface area contributed by atoms with Gasteiger partial charge in [-0.1, -0.05) is 18.2 Å². The van der Waals surface area contributed by atoms with E-state index in [1.807, 2.05) is 24.3 Å². The molecule has 2 heterocycles. The molecule has 0 saturated carbocycles. The first kappa shape index (κ1) is 22.1. The van der Waals surface area contributed by atoms with Gasteiger partial charge in [-0.05, 0) is 50.8 Å². The van der Waals surface area contributed by atoms with Crippen LogP contribution in [0.25, 0.3) is 0 Å². The summed E-state index contributed by atoms with van der Waals surface area (Å²) in [6.45, 7) is 6.30. The second-order valence-corrected chi connectivity index (χ2v) is 8.20. The predicted molar refractivity (Wildman–Crippen MR) is 113 cm³/mol. The summed E-state index contributed by atoms with van der Waals surface area (Å²) in [4.78, 5) is 17.7. The smallest absolute Gasteiger partial charge is 0.227 e. The van der Waals surface area contributed by atoms with Gasteiger partial charge >= 0.3 is 0 Å². The van der Waals surface area contributed by atoms with Gasteiger partial charge in [0.2, 0.25) is 5.91 Å². The van der Waals surface area contributed by atoms with Gasteiger partial charge in [0, 0.05) is 38.9 Å². The van der Waals surface area contributed by atoms with Crippen molar-refractivity contribution < 1.29 is 19.0 Å². The second-order valence-electron chi connectivity index (χ2n) is 8.20. The molecule has 6 nitrogen and oxygen atoms in total. The number of benzene rings is 1. The topological polar surface area (TPSA) is 51.2 Å². The average Bonchev–Trinajstić information content (AvgIpc) is 3.26. The summed E-state index contributed by atoms with van der Waals surface area (Å²) < 4.78 is 16.5. The van der Waals surface area contributed by atoms with Crippen molar-refractivity contribution in [3.8, 4) is 5.75 Å². The molecule has 162 valence electrons. The molecule has 2 aliphatic heterocycles. The summed E-state index contributed by atoms with van der Waals surface area (Å²) in [5.41, 5.74) is 0.951. The Morgan fingerprint density at radius 1 is 1.17 bits per heavy atom. The third-order valence-electron chi connectivity index (χ3n) is 6.13. The first-order chi connectivity index (χ1) is 14.2. The Hall–Kier alpha value is -1.63. The van der Waals surface area contributed by atoms with Crippen molar-refractivity contribution >= 4 is 5.91 Å². The summed E-state index contributed by atoms with van der Waals surface area (Å²) >= 11 is 0. The maximum Gasteiger partial charge on any atom is 0.227 e. The van der Waals surface area contributed by atoms with Crippen LogP contribution >= 0.6 is 0 Å². The lowest BCUT2D eigenvalue weighted by molar-refractivity contribution is -0.133. The van der Waals surface area contributed by atoms with Gasteiger partial charge in [-0.2, -0.15) is 0 Å². The SMILES string of the molecule is COCCN1CCC(CN(CC2CCCO2)C(=O)Cc2ccccc2OC)CC1. The van der Waals surface area contributed by atoms with E-state index in [1.54, 1.807) is 14.2 Å². The van der Waals surface area contributed by atoms with E-state index >= 15 is 0 Å². The van der Waals surface area contributed by atoms with Crippen molar-refractivity contribution in [2.75, 3.05) is 60.2 Å². The number of likely N-dealkylation sites (tertiary alicyclic amines) is 1. The molecular formula is C23H36N2O4. The number of amides is 1. The third-order valence-corrected chi connectivity index (χ3v) is 6.13. The van der Waals surface area contributed by atoms with Crippen molar-refractivity contribution in [3.63, 3.8) is 0 Å². The molecule has 0 bridgehead atoms. The van der Waals surface area contributed by atoms with E-state index < -0.39 is 0 Å². The van der Waals surface area contributed by atoms with Gasteiger partial charge in [0.15, 0.2) is 0 Å². The van der Waals surface area contributed by atoms with Crippen LogP contribution < -0.4 is 4.74 Å². The Kier molecular flexibility index (Phi) is 8.77. The monoisotopic (exact) mass is 404 g/mol. The molecule has 1 unspecified atom stereocenters. The summed E-state index contributed by atoms with van der Waals surface area (Å²) in [6, 6.07) is 7.80. The summed E-state index contributed by atoms with van der Waals surface area (Å²) in [5, 5.41) is 0. The molecule has 0 spiro atoms. The Labute approximate surface area is 175 Å². The predicted octanol–water partition coefficient (Wildman–Crippen LogP) is 2.60. The van der Waals surface area contributed by atoms with Crippen LogP contribution in [-0.4, -0.2) is 82.0 Å². The number of methoxy groups -OCH3 is 2. The molecule has 1 amide bonds. The Bertz CT molecular complexity index is 625. The quantitative estimate of drug-likeness (QED) is 0.600. The first-order valence-electron chi connectivity index (χ1n) is 10.9. The fourth-order valence-electron chi connectivity index (χ4n) is 4.36. The van der Waals surface area contributed by atoms with Crippen LogP contribution in [0.5, 0.6) is 5.75 Å². The molecule has 6 heteroatoms. The number of para-hydroxylation sites is 1. The lowest BCUT2D eigenvalue weighted by Gasteiger charge is -2.35. The molecule has 1 aromatic rings. The van der Waals surface area contributed by atoms with Gasteiger partial charge in [-0.15, -0.1) is 0 Å². The zero-order chi connectivity index (χ0) is 20.5. The minimum absolute atomic E-state index is 0.173. The average molecular weight is 405 g/mol. The Balaban J connectivity index is 1.59. The molecule has 0 N–H and O–H groups in total. The fourth-order valence-corrected chi connectivity index (χ4v) is 4.36. The van der Waals surface area contributed by atoms with Gasteiger partial charge in [0.1, 0.15) is 5.75 Å². The van der Waals surface area contributed by atoms with Crippen LogP contribution in [-0.2, 0) is 20.7 Å². The Morgan fingerprint density at radius 3 is 2.66 bits per heavy atom. The van der Waals surface area contributed by atoms with Gasteiger partial charge in [-0.3, -0.25) is 4.79 Å². The Morgan fingerprint density at radius 2 is 1.97 bits per heavy atom. The van der Waals surface area contributed by atoms with Gasteiger partial charge in [0.25, 0.3) is 0 Å². The van der Waals surface area contributed by atoms with E-state index in [2.05, 4.69) is 9.80 Å². The highest BCUT2D eigenvalue weighted by molar-refractivity contribution is 5.79. The van der Waals surface area contributed by atoms with Crippen LogP contribution in [0.1, 0.15) is 31.2 Å². The van der Waals surface area contributed by atoms with Crippen LogP contribution in [0.3, 0.4) is 0 Å². The molecule has 1 aromatic carbocycles. The molecule has 0 aromatic heterocycles. The first-order valence-corrected chi connectivity index (χ1v) is 10.9. The normalized spacial score (nSPS) is 20.7. The zero-order valence-corrected chi connectivity index (χ0v) is 18.0.